The van der Waals surface area contributed by atoms with Crippen LogP contribution in [0, 0.1) is 18.2 Å². The Morgan fingerprint density at radius 2 is 2.05 bits per heavy atom. The molecular weight excluding hydrogens is 525 g/mol. The van der Waals surface area contributed by atoms with Crippen LogP contribution in [0.15, 0.2) is 30.6 Å². The van der Waals surface area contributed by atoms with Crippen LogP contribution in [-0.4, -0.2) is 76.7 Å². The van der Waals surface area contributed by atoms with Gasteiger partial charge >= 0.3 is 0 Å². The Balaban J connectivity index is 1.15. The molecular formula is C30H36FN7O3. The largest absolute Gasteiger partial charge is 0.481 e. The second kappa shape index (κ2) is 10.8. The van der Waals surface area contributed by atoms with Crippen LogP contribution in [0.3, 0.4) is 0 Å². The maximum atomic E-state index is 14.5. The molecule has 2 N–H and O–H groups in total. The van der Waals surface area contributed by atoms with Crippen molar-refractivity contribution in [3.63, 3.8) is 0 Å². The summed E-state index contributed by atoms with van der Waals surface area (Å²) in [5.41, 5.74) is 10.4. The third kappa shape index (κ3) is 5.18. The molecule has 216 valence electrons. The van der Waals surface area contributed by atoms with Crippen molar-refractivity contribution in [1.29, 1.82) is 0 Å². The third-order valence-corrected chi connectivity index (χ3v) is 8.99. The first-order chi connectivity index (χ1) is 19.8. The molecule has 2 saturated heterocycles. The smallest absolute Gasteiger partial charge is 0.230 e. The van der Waals surface area contributed by atoms with E-state index in [4.69, 9.17) is 20.2 Å². The van der Waals surface area contributed by atoms with E-state index < -0.39 is 11.7 Å². The number of piperidine rings is 1. The Kier molecular flexibility index (Phi) is 7.23. The number of morpholine rings is 1. The minimum absolute atomic E-state index is 0.0554. The Hall–Kier alpha value is -3.86. The van der Waals surface area contributed by atoms with E-state index in [-0.39, 0.29) is 17.4 Å². The number of aryl methyl sites for hydroxylation is 2. The van der Waals surface area contributed by atoms with E-state index in [9.17, 15) is 9.18 Å². The predicted molar refractivity (Wildman–Crippen MR) is 152 cm³/mol. The first kappa shape index (κ1) is 27.3. The van der Waals surface area contributed by atoms with E-state index in [1.807, 2.05) is 17.9 Å². The number of pyridine rings is 2. The molecule has 1 amide bonds. The molecule has 3 aliphatic rings. The molecule has 1 saturated carbocycles. The molecule has 3 atom stereocenters. The number of likely N-dealkylation sites (tertiary alicyclic amines) is 1. The Morgan fingerprint density at radius 1 is 1.24 bits per heavy atom. The van der Waals surface area contributed by atoms with E-state index in [2.05, 4.69) is 25.9 Å². The average molecular weight is 562 g/mol. The standard InChI is InChI=1S/C30H36FN7O3/c1-18(21-15-26(40-3)34-17-23(21)31)28(39)38-9-7-30(16-25(30)38)6-4-20-14-22(19(2)35-27(20)32)24-5-8-33-29(36-24)37-10-12-41-13-11-37/h5,8,14-15,17-18,25H,4,6-7,9-13,16H2,1-3H3,(H2,32,35)/t18-,25?,30-/m1/s1. The first-order valence-corrected chi connectivity index (χ1v) is 14.2. The topological polar surface area (TPSA) is 120 Å². The molecule has 1 unspecified atom stereocenters. The summed E-state index contributed by atoms with van der Waals surface area (Å²) in [5, 5.41) is 0. The molecule has 0 radical (unpaired) electrons. The number of aromatic nitrogens is 4. The lowest BCUT2D eigenvalue weighted by molar-refractivity contribution is -0.132. The van der Waals surface area contributed by atoms with Crippen molar-refractivity contribution < 1.29 is 18.7 Å². The Labute approximate surface area is 239 Å². The summed E-state index contributed by atoms with van der Waals surface area (Å²) >= 11 is 0. The number of methoxy groups -OCH3 is 1. The van der Waals surface area contributed by atoms with E-state index in [0.717, 1.165) is 67.5 Å². The van der Waals surface area contributed by atoms with Crippen LogP contribution < -0.4 is 15.4 Å². The summed E-state index contributed by atoms with van der Waals surface area (Å²) in [6.45, 7) is 7.24. The normalized spacial score (nSPS) is 22.4. The highest BCUT2D eigenvalue weighted by Gasteiger charge is 2.61. The van der Waals surface area contributed by atoms with Crippen molar-refractivity contribution in [3.8, 4) is 17.1 Å². The number of fused-ring (bicyclic) bond motifs is 1. The predicted octanol–water partition coefficient (Wildman–Crippen LogP) is 3.54. The second-order valence-corrected chi connectivity index (χ2v) is 11.3. The molecule has 3 fully saturated rings. The molecule has 0 bridgehead atoms. The van der Waals surface area contributed by atoms with Crippen molar-refractivity contribution >= 4 is 17.7 Å². The molecule has 0 spiro atoms. The fraction of sp³-hybridized carbons (Fsp3) is 0.500. The number of halogens is 1. The van der Waals surface area contributed by atoms with Crippen LogP contribution in [0.5, 0.6) is 5.88 Å². The third-order valence-electron chi connectivity index (χ3n) is 8.99. The van der Waals surface area contributed by atoms with Gasteiger partial charge in [-0.15, -0.1) is 0 Å². The molecule has 5 heterocycles. The number of hydrogen-bond acceptors (Lipinski definition) is 9. The van der Waals surface area contributed by atoms with Crippen LogP contribution in [0.25, 0.3) is 11.3 Å². The van der Waals surface area contributed by atoms with Gasteiger partial charge in [0.15, 0.2) is 0 Å². The summed E-state index contributed by atoms with van der Waals surface area (Å²) in [4.78, 5) is 35.4. The SMILES string of the molecule is COc1cc([C@@H](C)C(=O)N2CC[C@]3(CCc4cc(-c5ccnc(N6CCOCC6)n5)c(C)nc4N)CC23)c(F)cn1. The van der Waals surface area contributed by atoms with Gasteiger partial charge in [0.2, 0.25) is 17.7 Å². The van der Waals surface area contributed by atoms with Crippen molar-refractivity contribution in [2.75, 3.05) is 50.6 Å². The molecule has 3 aromatic rings. The van der Waals surface area contributed by atoms with Crippen molar-refractivity contribution in [2.24, 2.45) is 5.41 Å². The monoisotopic (exact) mass is 561 g/mol. The molecule has 2 aliphatic heterocycles. The van der Waals surface area contributed by atoms with Crippen LogP contribution >= 0.6 is 0 Å². The zero-order valence-electron chi connectivity index (χ0n) is 23.8. The molecule has 3 aromatic heterocycles. The molecule has 0 aromatic carbocycles. The number of amides is 1. The highest BCUT2D eigenvalue weighted by molar-refractivity contribution is 5.84. The fourth-order valence-electron chi connectivity index (χ4n) is 6.37. The van der Waals surface area contributed by atoms with Crippen LogP contribution in [0.1, 0.15) is 48.9 Å². The first-order valence-electron chi connectivity index (χ1n) is 14.2. The van der Waals surface area contributed by atoms with Gasteiger partial charge in [-0.05, 0) is 62.6 Å². The number of ether oxygens (including phenoxy) is 2. The number of anilines is 2. The number of carbonyl (C=O) groups is 1. The highest BCUT2D eigenvalue weighted by Crippen LogP contribution is 2.60. The number of nitrogens with two attached hydrogens (primary N) is 1. The Morgan fingerprint density at radius 3 is 2.80 bits per heavy atom. The molecule has 41 heavy (non-hydrogen) atoms. The van der Waals surface area contributed by atoms with Gasteiger partial charge in [-0.2, -0.15) is 0 Å². The van der Waals surface area contributed by atoms with Gasteiger partial charge in [0.25, 0.3) is 0 Å². The lowest BCUT2D eigenvalue weighted by Crippen LogP contribution is -2.37. The van der Waals surface area contributed by atoms with E-state index in [1.165, 1.54) is 13.2 Å². The van der Waals surface area contributed by atoms with Gasteiger partial charge in [-0.1, -0.05) is 0 Å². The second-order valence-electron chi connectivity index (χ2n) is 11.3. The van der Waals surface area contributed by atoms with Crippen LogP contribution in [0.2, 0.25) is 0 Å². The van der Waals surface area contributed by atoms with Crippen LogP contribution in [-0.2, 0) is 16.0 Å². The van der Waals surface area contributed by atoms with Crippen molar-refractivity contribution in [1.82, 2.24) is 24.8 Å². The van der Waals surface area contributed by atoms with Crippen molar-refractivity contribution in [2.45, 2.75) is 51.5 Å². The maximum absolute atomic E-state index is 14.5. The van der Waals surface area contributed by atoms with Gasteiger partial charge in [-0.3, -0.25) is 4.79 Å². The summed E-state index contributed by atoms with van der Waals surface area (Å²) in [5.74, 6) is 0.360. The molecule has 11 heteroatoms. The summed E-state index contributed by atoms with van der Waals surface area (Å²) in [6, 6.07) is 5.70. The number of rotatable bonds is 8. The molecule has 6 rings (SSSR count). The number of hydrogen-bond donors (Lipinski definition) is 1. The lowest BCUT2D eigenvalue weighted by Gasteiger charge is -2.26. The summed E-state index contributed by atoms with van der Waals surface area (Å²) in [6.07, 6.45) is 6.45. The zero-order valence-corrected chi connectivity index (χ0v) is 23.8. The Bertz CT molecular complexity index is 1460. The van der Waals surface area contributed by atoms with Gasteiger partial charge < -0.3 is 25.0 Å². The fourth-order valence-corrected chi connectivity index (χ4v) is 6.37. The van der Waals surface area contributed by atoms with Gasteiger partial charge in [0, 0.05) is 54.8 Å². The zero-order chi connectivity index (χ0) is 28.7. The van der Waals surface area contributed by atoms with E-state index >= 15 is 0 Å². The van der Waals surface area contributed by atoms with Gasteiger partial charge in [-0.25, -0.2) is 24.3 Å². The summed E-state index contributed by atoms with van der Waals surface area (Å²) in [7, 11) is 1.48. The van der Waals surface area contributed by atoms with Crippen molar-refractivity contribution in [3.05, 3.63) is 53.2 Å². The average Bonchev–Trinajstić information content (AvgIpc) is 3.59. The summed E-state index contributed by atoms with van der Waals surface area (Å²) < 4.78 is 25.1. The minimum atomic E-state index is -0.613. The lowest BCUT2D eigenvalue weighted by atomic mass is 9.93. The molecule has 10 nitrogen and oxygen atoms in total. The van der Waals surface area contributed by atoms with E-state index in [0.29, 0.717) is 43.0 Å². The highest BCUT2D eigenvalue weighted by atomic mass is 19.1. The minimum Gasteiger partial charge on any atom is -0.481 e. The molecule has 1 aliphatic carbocycles. The van der Waals surface area contributed by atoms with Crippen LogP contribution in [0.4, 0.5) is 16.2 Å². The van der Waals surface area contributed by atoms with Gasteiger partial charge in [0.1, 0.15) is 11.6 Å². The number of carbonyl (C=O) groups excluding carboxylic acids is 1. The maximum Gasteiger partial charge on any atom is 0.230 e. The van der Waals surface area contributed by atoms with Gasteiger partial charge in [0.05, 0.1) is 38.1 Å². The van der Waals surface area contributed by atoms with E-state index in [1.54, 1.807) is 13.1 Å². The quantitative estimate of drug-likeness (QED) is 0.440. The number of nitrogen functional groups attached to an aromatic ring is 1. The number of nitrogens with zero attached hydrogens (tertiary/aromatic N) is 6.